The van der Waals surface area contributed by atoms with E-state index in [1.54, 1.807) is 0 Å². The van der Waals surface area contributed by atoms with Gasteiger partial charge in [-0.3, -0.25) is 0 Å². The Kier molecular flexibility index (Phi) is 35.2. The first-order chi connectivity index (χ1) is 14.4. The number of rotatable bonds is 26. The molecule has 11 nitrogen and oxygen atoms in total. The molecule has 0 aromatic rings. The van der Waals surface area contributed by atoms with Gasteiger partial charge in [-0.1, -0.05) is 0 Å². The Balaban J connectivity index is -0.00000131. The second-order valence-electron chi connectivity index (χ2n) is 5.38. The summed E-state index contributed by atoms with van der Waals surface area (Å²) in [6, 6.07) is 0. The van der Waals surface area contributed by atoms with Crippen molar-refractivity contribution in [2.75, 3.05) is 119 Å². The molecule has 0 amide bonds. The van der Waals surface area contributed by atoms with Crippen molar-refractivity contribution in [1.82, 2.24) is 0 Å². The van der Waals surface area contributed by atoms with Gasteiger partial charge in [0.05, 0.1) is 106 Å². The average molecular weight is 473 g/mol. The summed E-state index contributed by atoms with van der Waals surface area (Å²) >= 11 is 0. The number of aliphatic hydroxyl groups excluding tert-OH is 2. The molecule has 0 heterocycles. The van der Waals surface area contributed by atoms with Crippen molar-refractivity contribution in [3.8, 4) is 0 Å². The van der Waals surface area contributed by atoms with Crippen LogP contribution in [0.3, 0.4) is 0 Å². The molecule has 0 atom stereocenters. The molecule has 0 bridgehead atoms. The summed E-state index contributed by atoms with van der Waals surface area (Å²) in [6.45, 7) is 6.56. The van der Waals surface area contributed by atoms with Gasteiger partial charge in [0.1, 0.15) is 13.6 Å². The monoisotopic (exact) mass is 472 g/mol. The van der Waals surface area contributed by atoms with Crippen molar-refractivity contribution in [2.24, 2.45) is 0 Å². The van der Waals surface area contributed by atoms with E-state index in [-0.39, 0.29) is 67.4 Å². The first-order valence-corrected chi connectivity index (χ1v) is 9.83. The molecule has 180 valence electrons. The summed E-state index contributed by atoms with van der Waals surface area (Å²) < 4.78 is 46.9. The summed E-state index contributed by atoms with van der Waals surface area (Å²) in [4.78, 5) is 0. The molecule has 2 N–H and O–H groups in total. The molecule has 0 aliphatic carbocycles. The number of hydrogen-bond donors (Lipinski definition) is 2. The zero-order valence-corrected chi connectivity index (χ0v) is 20.2. The van der Waals surface area contributed by atoms with E-state index >= 15 is 0 Å². The van der Waals surface area contributed by atoms with Crippen LogP contribution in [0.4, 0.5) is 0 Å². The molecule has 0 spiro atoms. The van der Waals surface area contributed by atoms with Crippen LogP contribution in [0.2, 0.25) is 0 Å². The van der Waals surface area contributed by atoms with Crippen molar-refractivity contribution in [1.29, 1.82) is 0 Å². The molecule has 0 radical (unpaired) electrons. The third-order valence-electron chi connectivity index (χ3n) is 3.04. The third-order valence-corrected chi connectivity index (χ3v) is 3.04. The first kappa shape index (κ1) is 33.0. The van der Waals surface area contributed by atoms with Crippen molar-refractivity contribution >= 4 is 37.7 Å². The maximum atomic E-state index is 8.52. The standard InChI is InChI=1S/C18H38O11.Ca.2H/c19-1-3-21-5-7-23-9-11-25-13-15-27-17-29-18-28-16-14-26-12-10-24-8-6-22-4-2-20;;;/h19-20H,1-18H2;;;/q;+2;2*-1. The van der Waals surface area contributed by atoms with Crippen LogP contribution >= 0.6 is 0 Å². The molecule has 0 unspecified atom stereocenters. The molecular formula is C18H40CaO11. The molecule has 0 aliphatic heterocycles. The topological polar surface area (TPSA) is 124 Å². The van der Waals surface area contributed by atoms with E-state index in [1.807, 2.05) is 0 Å². The van der Waals surface area contributed by atoms with Gasteiger partial charge in [0, 0.05) is 0 Å². The van der Waals surface area contributed by atoms with Crippen LogP contribution in [-0.4, -0.2) is 167 Å². The summed E-state index contributed by atoms with van der Waals surface area (Å²) in [5.41, 5.74) is 0. The van der Waals surface area contributed by atoms with Gasteiger partial charge in [-0.2, -0.15) is 0 Å². The van der Waals surface area contributed by atoms with Gasteiger partial charge in [-0.05, 0) is 0 Å². The fourth-order valence-electron chi connectivity index (χ4n) is 1.72. The van der Waals surface area contributed by atoms with Crippen molar-refractivity contribution in [2.45, 2.75) is 0 Å². The summed E-state index contributed by atoms with van der Waals surface area (Å²) in [5, 5.41) is 17.0. The Labute approximate surface area is 212 Å². The largest absolute Gasteiger partial charge is 2.00 e. The van der Waals surface area contributed by atoms with Gasteiger partial charge in [0.15, 0.2) is 0 Å². The first-order valence-electron chi connectivity index (χ1n) is 9.83. The molecular weight excluding hydrogens is 432 g/mol. The van der Waals surface area contributed by atoms with E-state index in [0.29, 0.717) is 92.5 Å². The van der Waals surface area contributed by atoms with Crippen molar-refractivity contribution in [3.63, 3.8) is 0 Å². The zero-order valence-electron chi connectivity index (χ0n) is 20.0. The molecule has 0 aromatic heterocycles. The average Bonchev–Trinajstić information content (AvgIpc) is 2.74. The maximum Gasteiger partial charge on any atom is 2.00 e. The minimum absolute atomic E-state index is 0. The fourth-order valence-corrected chi connectivity index (χ4v) is 1.72. The Morgan fingerprint density at radius 1 is 0.333 bits per heavy atom. The third kappa shape index (κ3) is 31.0. The van der Waals surface area contributed by atoms with Crippen LogP contribution in [0, 0.1) is 0 Å². The normalized spacial score (nSPS) is 11.0. The van der Waals surface area contributed by atoms with Gasteiger partial charge in [-0.15, -0.1) is 0 Å². The number of hydrogen-bond acceptors (Lipinski definition) is 11. The molecule has 0 saturated carbocycles. The van der Waals surface area contributed by atoms with Gasteiger partial charge < -0.3 is 55.7 Å². The smallest absolute Gasteiger partial charge is 1.00 e. The summed E-state index contributed by atoms with van der Waals surface area (Å²) in [7, 11) is 0. The number of ether oxygens (including phenoxy) is 9. The predicted octanol–water partition coefficient (Wildman–Crippen LogP) is -1.12. The van der Waals surface area contributed by atoms with Crippen LogP contribution in [0.1, 0.15) is 2.85 Å². The van der Waals surface area contributed by atoms with E-state index in [4.69, 9.17) is 52.8 Å². The number of aliphatic hydroxyl groups is 2. The van der Waals surface area contributed by atoms with E-state index in [0.717, 1.165) is 0 Å². The maximum absolute atomic E-state index is 8.52. The Hall–Kier alpha value is 0.820. The van der Waals surface area contributed by atoms with Gasteiger partial charge in [-0.25, -0.2) is 0 Å². The van der Waals surface area contributed by atoms with Crippen LogP contribution in [0.15, 0.2) is 0 Å². The van der Waals surface area contributed by atoms with Crippen LogP contribution in [-0.2, 0) is 42.6 Å². The quantitative estimate of drug-likeness (QED) is 0.0904. The summed E-state index contributed by atoms with van der Waals surface area (Å²) in [6.07, 6.45) is 0. The van der Waals surface area contributed by atoms with Gasteiger partial charge in [0.25, 0.3) is 0 Å². The SMILES string of the molecule is OCCOCCOCCOCCOCOCOCCOCCOCCOCCO.[Ca+2].[H-].[H-]. The molecule has 0 saturated heterocycles. The Bertz CT molecular complexity index is 276. The minimum atomic E-state index is 0. The predicted molar refractivity (Wildman–Crippen MR) is 110 cm³/mol. The van der Waals surface area contributed by atoms with Crippen LogP contribution in [0.5, 0.6) is 0 Å². The molecule has 0 fully saturated rings. The van der Waals surface area contributed by atoms with Crippen LogP contribution < -0.4 is 0 Å². The van der Waals surface area contributed by atoms with E-state index in [9.17, 15) is 0 Å². The second kappa shape index (κ2) is 32.0. The van der Waals surface area contributed by atoms with Crippen molar-refractivity contribution < 1.29 is 55.7 Å². The van der Waals surface area contributed by atoms with Gasteiger partial charge in [0.2, 0.25) is 0 Å². The molecule has 30 heavy (non-hydrogen) atoms. The zero-order chi connectivity index (χ0) is 21.1. The molecule has 0 aromatic carbocycles. The molecule has 12 heteroatoms. The molecule has 0 aliphatic rings. The van der Waals surface area contributed by atoms with Crippen molar-refractivity contribution in [3.05, 3.63) is 0 Å². The minimum Gasteiger partial charge on any atom is -1.00 e. The second-order valence-corrected chi connectivity index (χ2v) is 5.38. The van der Waals surface area contributed by atoms with E-state index in [2.05, 4.69) is 0 Å². The molecule has 0 rings (SSSR count). The summed E-state index contributed by atoms with van der Waals surface area (Å²) in [5.74, 6) is 0. The van der Waals surface area contributed by atoms with Gasteiger partial charge >= 0.3 is 37.7 Å². The Morgan fingerprint density at radius 3 is 0.833 bits per heavy atom. The fraction of sp³-hybridized carbons (Fsp3) is 1.00. The van der Waals surface area contributed by atoms with E-state index in [1.165, 1.54) is 0 Å². The van der Waals surface area contributed by atoms with Crippen LogP contribution in [0.25, 0.3) is 0 Å². The van der Waals surface area contributed by atoms with E-state index < -0.39 is 0 Å². The Morgan fingerprint density at radius 2 is 0.567 bits per heavy atom.